The van der Waals surface area contributed by atoms with Gasteiger partial charge in [0.25, 0.3) is 0 Å². The van der Waals surface area contributed by atoms with Crippen LogP contribution in [0.1, 0.15) is 27.2 Å². The maximum absolute atomic E-state index is 12.3. The van der Waals surface area contributed by atoms with Crippen LogP contribution in [-0.4, -0.2) is 57.7 Å². The fourth-order valence-electron chi connectivity index (χ4n) is 3.37. The van der Waals surface area contributed by atoms with E-state index in [0.717, 1.165) is 0 Å². The molecule has 0 N–H and O–H groups in total. The van der Waals surface area contributed by atoms with Crippen molar-refractivity contribution in [2.45, 2.75) is 51.0 Å². The number of rotatable bonds is 6. The van der Waals surface area contributed by atoms with Gasteiger partial charge in [0.05, 0.1) is 24.9 Å². The van der Waals surface area contributed by atoms with Crippen LogP contribution in [-0.2, 0) is 33.2 Å². The zero-order valence-electron chi connectivity index (χ0n) is 15.8. The van der Waals surface area contributed by atoms with Crippen LogP contribution in [0.4, 0.5) is 0 Å². The van der Waals surface area contributed by atoms with Crippen molar-refractivity contribution in [3.63, 3.8) is 0 Å². The third-order valence-corrected chi connectivity index (χ3v) is 5.12. The molecular weight excluding hydrogens is 328 g/mol. The van der Waals surface area contributed by atoms with Gasteiger partial charge in [0.2, 0.25) is 11.6 Å². The average Bonchev–Trinajstić information content (AvgIpc) is 2.61. The standard InChI is InChI=1S/C18H28O7/c1-8-9-23-12-10-13-15(11(2)14(12)16(19)20-5)25-18(4,22-7)17(3,21-6)24-13/h8,11,13,15H,1,9-10H2,2-7H3/t11-,13+,15+,17-,18-/m0/s1. The Morgan fingerprint density at radius 3 is 2.36 bits per heavy atom. The molecule has 1 aliphatic carbocycles. The SMILES string of the molecule is C=CCOC1=C(C(=O)OC)[C@H](C)[C@H]2O[C@](C)(OC)[C@@](C)(OC)O[C@@H]2C1. The summed E-state index contributed by atoms with van der Waals surface area (Å²) in [6.45, 7) is 9.34. The summed E-state index contributed by atoms with van der Waals surface area (Å²) < 4.78 is 34.2. The molecule has 0 aromatic rings. The van der Waals surface area contributed by atoms with E-state index >= 15 is 0 Å². The molecule has 1 aliphatic heterocycles. The predicted octanol–water partition coefficient (Wildman–Crippen LogP) is 2.17. The number of ether oxygens (including phenoxy) is 6. The lowest BCUT2D eigenvalue weighted by atomic mass is 9.81. The number of hydrogen-bond donors (Lipinski definition) is 0. The first-order chi connectivity index (χ1) is 11.8. The van der Waals surface area contributed by atoms with Gasteiger partial charge in [-0.2, -0.15) is 0 Å². The lowest BCUT2D eigenvalue weighted by molar-refractivity contribution is -0.452. The summed E-state index contributed by atoms with van der Waals surface area (Å²) >= 11 is 0. The van der Waals surface area contributed by atoms with Crippen molar-refractivity contribution in [2.75, 3.05) is 27.9 Å². The van der Waals surface area contributed by atoms with Gasteiger partial charge in [0.1, 0.15) is 12.4 Å². The maximum atomic E-state index is 12.3. The Morgan fingerprint density at radius 2 is 1.84 bits per heavy atom. The Labute approximate surface area is 148 Å². The molecule has 0 unspecified atom stereocenters. The van der Waals surface area contributed by atoms with E-state index < -0.39 is 23.6 Å². The van der Waals surface area contributed by atoms with Crippen molar-refractivity contribution in [3.8, 4) is 0 Å². The Hall–Kier alpha value is -1.41. The number of hydrogen-bond acceptors (Lipinski definition) is 7. The van der Waals surface area contributed by atoms with E-state index in [4.69, 9.17) is 28.4 Å². The molecule has 0 aromatic carbocycles. The quantitative estimate of drug-likeness (QED) is 0.533. The largest absolute Gasteiger partial charge is 0.493 e. The van der Waals surface area contributed by atoms with Gasteiger partial charge in [0.15, 0.2) is 0 Å². The number of carbonyl (C=O) groups is 1. The van der Waals surface area contributed by atoms with Crippen molar-refractivity contribution in [1.29, 1.82) is 0 Å². The minimum Gasteiger partial charge on any atom is -0.493 e. The number of fused-ring (bicyclic) bond motifs is 1. The molecule has 5 atom stereocenters. The van der Waals surface area contributed by atoms with Crippen molar-refractivity contribution < 1.29 is 33.2 Å². The monoisotopic (exact) mass is 356 g/mol. The summed E-state index contributed by atoms with van der Waals surface area (Å²) in [5, 5.41) is 0. The zero-order valence-corrected chi connectivity index (χ0v) is 15.8. The molecule has 2 aliphatic rings. The van der Waals surface area contributed by atoms with Gasteiger partial charge in [-0.05, 0) is 13.8 Å². The molecule has 1 saturated heterocycles. The Bertz CT molecular complexity index is 558. The normalized spacial score (nSPS) is 38.1. The number of methoxy groups -OCH3 is 3. The zero-order chi connectivity index (χ0) is 18.8. The van der Waals surface area contributed by atoms with Gasteiger partial charge in [-0.3, -0.25) is 0 Å². The first-order valence-corrected chi connectivity index (χ1v) is 8.27. The molecule has 0 bridgehead atoms. The molecule has 0 saturated carbocycles. The Kier molecular flexibility index (Phi) is 5.93. The molecule has 0 amide bonds. The van der Waals surface area contributed by atoms with Crippen molar-refractivity contribution >= 4 is 5.97 Å². The van der Waals surface area contributed by atoms with E-state index in [1.165, 1.54) is 21.3 Å². The third-order valence-electron chi connectivity index (χ3n) is 5.12. The first kappa shape index (κ1) is 19.9. The third kappa shape index (κ3) is 3.33. The smallest absolute Gasteiger partial charge is 0.337 e. The Morgan fingerprint density at radius 1 is 1.24 bits per heavy atom. The molecular formula is C18H28O7. The molecule has 2 rings (SSSR count). The molecule has 0 spiro atoms. The summed E-state index contributed by atoms with van der Waals surface area (Å²) in [5.74, 6) is -2.44. The minimum atomic E-state index is -1.13. The fourth-order valence-corrected chi connectivity index (χ4v) is 3.37. The predicted molar refractivity (Wildman–Crippen MR) is 89.5 cm³/mol. The molecule has 142 valence electrons. The second-order valence-electron chi connectivity index (χ2n) is 6.46. The van der Waals surface area contributed by atoms with E-state index in [2.05, 4.69) is 6.58 Å². The lowest BCUT2D eigenvalue weighted by Crippen LogP contribution is -2.67. The van der Waals surface area contributed by atoms with Gasteiger partial charge in [0, 0.05) is 26.6 Å². The molecule has 25 heavy (non-hydrogen) atoms. The van der Waals surface area contributed by atoms with Gasteiger partial charge < -0.3 is 28.4 Å². The van der Waals surface area contributed by atoms with E-state index in [-0.39, 0.29) is 18.6 Å². The van der Waals surface area contributed by atoms with E-state index in [0.29, 0.717) is 17.8 Å². The fraction of sp³-hybridized carbons (Fsp3) is 0.722. The van der Waals surface area contributed by atoms with E-state index in [1.807, 2.05) is 6.92 Å². The van der Waals surface area contributed by atoms with Gasteiger partial charge in [-0.15, -0.1) is 0 Å². The van der Waals surface area contributed by atoms with Crippen LogP contribution in [0, 0.1) is 5.92 Å². The molecule has 0 aromatic heterocycles. The second-order valence-corrected chi connectivity index (χ2v) is 6.46. The van der Waals surface area contributed by atoms with Crippen LogP contribution in [0.25, 0.3) is 0 Å². The van der Waals surface area contributed by atoms with E-state index in [9.17, 15) is 4.79 Å². The number of esters is 1. The molecule has 1 fully saturated rings. The lowest BCUT2D eigenvalue weighted by Gasteiger charge is -2.54. The molecule has 7 nitrogen and oxygen atoms in total. The van der Waals surface area contributed by atoms with Crippen LogP contribution in [0.5, 0.6) is 0 Å². The van der Waals surface area contributed by atoms with Gasteiger partial charge >= 0.3 is 5.97 Å². The van der Waals surface area contributed by atoms with Crippen LogP contribution >= 0.6 is 0 Å². The van der Waals surface area contributed by atoms with Crippen LogP contribution < -0.4 is 0 Å². The summed E-state index contributed by atoms with van der Waals surface area (Å²) in [6, 6.07) is 0. The highest BCUT2D eigenvalue weighted by molar-refractivity contribution is 5.90. The maximum Gasteiger partial charge on any atom is 0.337 e. The summed E-state index contributed by atoms with van der Waals surface area (Å²) in [7, 11) is 4.42. The highest BCUT2D eigenvalue weighted by Crippen LogP contribution is 2.46. The van der Waals surface area contributed by atoms with Crippen LogP contribution in [0.3, 0.4) is 0 Å². The Balaban J connectivity index is 2.42. The van der Waals surface area contributed by atoms with Gasteiger partial charge in [-0.1, -0.05) is 19.6 Å². The van der Waals surface area contributed by atoms with E-state index in [1.54, 1.807) is 19.9 Å². The molecule has 0 radical (unpaired) electrons. The van der Waals surface area contributed by atoms with Gasteiger partial charge in [-0.25, -0.2) is 4.79 Å². The molecule has 1 heterocycles. The molecule has 7 heteroatoms. The summed E-state index contributed by atoms with van der Waals surface area (Å²) in [5.41, 5.74) is 0.452. The topological polar surface area (TPSA) is 72.5 Å². The van der Waals surface area contributed by atoms with Crippen molar-refractivity contribution in [1.82, 2.24) is 0 Å². The van der Waals surface area contributed by atoms with Crippen molar-refractivity contribution in [2.24, 2.45) is 5.92 Å². The average molecular weight is 356 g/mol. The van der Waals surface area contributed by atoms with Crippen LogP contribution in [0.15, 0.2) is 24.0 Å². The summed E-state index contributed by atoms with van der Waals surface area (Å²) in [4.78, 5) is 12.3. The van der Waals surface area contributed by atoms with Crippen LogP contribution in [0.2, 0.25) is 0 Å². The highest BCUT2D eigenvalue weighted by atomic mass is 16.8. The first-order valence-electron chi connectivity index (χ1n) is 8.27. The second kappa shape index (κ2) is 7.45. The minimum absolute atomic E-state index is 0.290. The summed E-state index contributed by atoms with van der Waals surface area (Å²) in [6.07, 6.45) is 1.24. The highest BCUT2D eigenvalue weighted by Gasteiger charge is 2.59. The van der Waals surface area contributed by atoms with Crippen molar-refractivity contribution in [3.05, 3.63) is 24.0 Å². The number of carbonyl (C=O) groups excluding carboxylic acids is 1.